The Kier molecular flexibility index (Phi) is 11.6. The Morgan fingerprint density at radius 3 is 2.16 bits per heavy atom. The van der Waals surface area contributed by atoms with Crippen molar-refractivity contribution in [3.8, 4) is 17.5 Å². The highest BCUT2D eigenvalue weighted by molar-refractivity contribution is 5.63. The zero-order valence-corrected chi connectivity index (χ0v) is 28.8. The highest BCUT2D eigenvalue weighted by atomic mass is 16.5. The number of piperazine rings is 1. The van der Waals surface area contributed by atoms with Crippen LogP contribution >= 0.6 is 0 Å². The van der Waals surface area contributed by atoms with Crippen LogP contribution in [0.3, 0.4) is 0 Å². The van der Waals surface area contributed by atoms with Crippen molar-refractivity contribution < 1.29 is 9.47 Å². The Balaban J connectivity index is 0.000000652. The molecular weight excluding hydrogens is 630 g/mol. The quantitative estimate of drug-likeness (QED) is 0.182. The number of nitriles is 1. The van der Waals surface area contributed by atoms with Crippen LogP contribution in [0.4, 0.5) is 11.4 Å². The Morgan fingerprint density at radius 1 is 0.880 bits per heavy atom. The Hall–Kier alpha value is -5.41. The fraction of sp³-hybridized carbons (Fsp3) is 0.395. The average Bonchev–Trinajstić information content (AvgIpc) is 3.95. The van der Waals surface area contributed by atoms with Crippen molar-refractivity contribution >= 4 is 11.4 Å². The van der Waals surface area contributed by atoms with E-state index in [0.717, 1.165) is 62.5 Å². The molecule has 12 nitrogen and oxygen atoms in total. The first-order valence-electron chi connectivity index (χ1n) is 17.4. The van der Waals surface area contributed by atoms with Crippen LogP contribution < -0.4 is 20.2 Å². The second-order valence-corrected chi connectivity index (χ2v) is 12.6. The third-order valence-electron chi connectivity index (χ3n) is 9.33. The largest absolute Gasteiger partial charge is 0.493 e. The van der Waals surface area contributed by atoms with Gasteiger partial charge >= 0.3 is 5.69 Å². The summed E-state index contributed by atoms with van der Waals surface area (Å²) in [4.78, 5) is 19.2. The summed E-state index contributed by atoms with van der Waals surface area (Å²) in [5, 5.41) is 22.6. The van der Waals surface area contributed by atoms with Gasteiger partial charge in [0, 0.05) is 37.8 Å². The van der Waals surface area contributed by atoms with Crippen LogP contribution in [-0.4, -0.2) is 74.8 Å². The highest BCUT2D eigenvalue weighted by Gasteiger charge is 2.27. The van der Waals surface area contributed by atoms with Gasteiger partial charge in [-0.1, -0.05) is 50.2 Å². The van der Waals surface area contributed by atoms with E-state index in [2.05, 4.69) is 57.1 Å². The Labute approximate surface area is 293 Å². The second kappa shape index (κ2) is 16.8. The van der Waals surface area contributed by atoms with Crippen molar-refractivity contribution in [1.82, 2.24) is 29.3 Å². The summed E-state index contributed by atoms with van der Waals surface area (Å²) in [6.45, 7) is 9.22. The van der Waals surface area contributed by atoms with Crippen molar-refractivity contribution in [2.75, 3.05) is 49.2 Å². The normalized spacial score (nSPS) is 17.3. The lowest BCUT2D eigenvalue weighted by Gasteiger charge is -2.37. The van der Waals surface area contributed by atoms with Crippen molar-refractivity contribution in [1.29, 1.82) is 5.26 Å². The van der Waals surface area contributed by atoms with Gasteiger partial charge in [-0.15, -0.1) is 0 Å². The van der Waals surface area contributed by atoms with Gasteiger partial charge in [0.05, 0.1) is 61.2 Å². The van der Waals surface area contributed by atoms with Crippen LogP contribution in [0, 0.1) is 17.2 Å². The molecule has 0 saturated carbocycles. The molecule has 2 saturated heterocycles. The van der Waals surface area contributed by atoms with E-state index in [1.807, 2.05) is 66.7 Å². The number of anilines is 2. The van der Waals surface area contributed by atoms with E-state index in [9.17, 15) is 10.1 Å². The summed E-state index contributed by atoms with van der Waals surface area (Å²) in [6.07, 6.45) is 7.66. The number of nitrogens with zero attached hydrogens (tertiary/aromatic N) is 9. The van der Waals surface area contributed by atoms with E-state index in [-0.39, 0.29) is 23.8 Å². The average molecular weight is 676 g/mol. The molecule has 2 aliphatic heterocycles. The molecule has 0 N–H and O–H groups in total. The van der Waals surface area contributed by atoms with E-state index in [1.54, 1.807) is 32.8 Å². The number of hydrogen-bond acceptors (Lipinski definition) is 9. The summed E-state index contributed by atoms with van der Waals surface area (Å²) in [7, 11) is 0. The fourth-order valence-corrected chi connectivity index (χ4v) is 6.52. The van der Waals surface area contributed by atoms with Gasteiger partial charge in [-0.3, -0.25) is 0 Å². The smallest absolute Gasteiger partial charge is 0.350 e. The minimum Gasteiger partial charge on any atom is -0.493 e. The molecule has 0 radical (unpaired) electrons. The third kappa shape index (κ3) is 8.41. The van der Waals surface area contributed by atoms with Crippen molar-refractivity contribution in [2.45, 2.75) is 51.8 Å². The number of hydrogen-bond donors (Lipinski definition) is 0. The molecule has 2 aliphatic rings. The lowest BCUT2D eigenvalue weighted by molar-refractivity contribution is 0.0844. The molecule has 2 aromatic heterocycles. The topological polar surface area (TPSA) is 119 Å². The SMILES string of the molecule is CCC(CC)n1ncn(-c2ccc(N3CCN(c4ccc(OCC5COC(Cn6nccn6)C5)cc4C#N)CC3)cc2)c1=O.c1ccccc1. The standard InChI is InChI=1S/C32H39N9O3.C6H6/c1-3-26(4-2)41-32(42)39(23-36-41)28-7-5-27(6-8-28)37-13-15-38(16-14-37)31-10-9-29(18-25(31)19-33)43-21-24-17-30(44-22-24)20-40-34-11-12-35-40;1-2-4-6-5-3-1/h5-12,18,23-24,26,30H,3-4,13-17,20-22H2,1-2H3;1-6H. The van der Waals surface area contributed by atoms with E-state index in [1.165, 1.54) is 0 Å². The molecule has 12 heteroatoms. The molecule has 0 aliphatic carbocycles. The van der Waals surface area contributed by atoms with Crippen LogP contribution in [0.5, 0.6) is 5.75 Å². The Bertz CT molecular complexity index is 1830. The van der Waals surface area contributed by atoms with Crippen molar-refractivity contribution in [3.05, 3.63) is 114 Å². The van der Waals surface area contributed by atoms with Gasteiger partial charge in [0.1, 0.15) is 18.1 Å². The molecule has 2 atom stereocenters. The Morgan fingerprint density at radius 2 is 1.52 bits per heavy atom. The second-order valence-electron chi connectivity index (χ2n) is 12.6. The molecular formula is C38H45N9O3. The first-order chi connectivity index (χ1) is 24.6. The number of aromatic nitrogens is 6. The van der Waals surface area contributed by atoms with Crippen LogP contribution in [0.25, 0.3) is 5.69 Å². The third-order valence-corrected chi connectivity index (χ3v) is 9.33. The van der Waals surface area contributed by atoms with Crippen LogP contribution in [0.2, 0.25) is 0 Å². The van der Waals surface area contributed by atoms with Gasteiger partial charge in [-0.25, -0.2) is 14.0 Å². The highest BCUT2D eigenvalue weighted by Crippen LogP contribution is 2.29. The first-order valence-corrected chi connectivity index (χ1v) is 17.4. The zero-order chi connectivity index (χ0) is 34.7. The van der Waals surface area contributed by atoms with E-state index in [4.69, 9.17) is 9.47 Å². The molecule has 5 aromatic rings. The summed E-state index contributed by atoms with van der Waals surface area (Å²) in [6, 6.07) is 28.3. The van der Waals surface area contributed by atoms with Gasteiger partial charge in [0.15, 0.2) is 0 Å². The van der Waals surface area contributed by atoms with E-state index >= 15 is 0 Å². The van der Waals surface area contributed by atoms with Crippen molar-refractivity contribution in [2.24, 2.45) is 5.92 Å². The lowest BCUT2D eigenvalue weighted by atomic mass is 10.1. The molecule has 0 bridgehead atoms. The molecule has 0 amide bonds. The maximum atomic E-state index is 12.9. The fourth-order valence-electron chi connectivity index (χ4n) is 6.52. The maximum absolute atomic E-state index is 12.9. The van der Waals surface area contributed by atoms with Crippen LogP contribution in [-0.2, 0) is 11.3 Å². The van der Waals surface area contributed by atoms with E-state index < -0.39 is 0 Å². The predicted molar refractivity (Wildman–Crippen MR) is 193 cm³/mol. The summed E-state index contributed by atoms with van der Waals surface area (Å²) >= 11 is 0. The van der Waals surface area contributed by atoms with Gasteiger partial charge in [0.25, 0.3) is 0 Å². The summed E-state index contributed by atoms with van der Waals surface area (Å²) < 4.78 is 15.2. The molecule has 260 valence electrons. The predicted octanol–water partition coefficient (Wildman–Crippen LogP) is 5.36. The molecule has 2 unspecified atom stereocenters. The minimum absolute atomic E-state index is 0.0820. The van der Waals surface area contributed by atoms with Gasteiger partial charge in [-0.05, 0) is 61.7 Å². The van der Waals surface area contributed by atoms with Gasteiger partial charge < -0.3 is 19.3 Å². The molecule has 50 heavy (non-hydrogen) atoms. The number of rotatable bonds is 11. The molecule has 3 aromatic carbocycles. The first kappa shape index (κ1) is 34.5. The lowest BCUT2D eigenvalue weighted by Crippen LogP contribution is -2.46. The summed E-state index contributed by atoms with van der Waals surface area (Å²) in [5.74, 6) is 0.988. The monoisotopic (exact) mass is 675 g/mol. The van der Waals surface area contributed by atoms with Crippen LogP contribution in [0.15, 0.2) is 102 Å². The number of ether oxygens (including phenoxy) is 2. The van der Waals surface area contributed by atoms with Crippen LogP contribution in [0.1, 0.15) is 44.7 Å². The van der Waals surface area contributed by atoms with Gasteiger partial charge in [0.2, 0.25) is 0 Å². The van der Waals surface area contributed by atoms with E-state index in [0.29, 0.717) is 31.1 Å². The van der Waals surface area contributed by atoms with Crippen molar-refractivity contribution in [3.63, 3.8) is 0 Å². The van der Waals surface area contributed by atoms with Gasteiger partial charge in [-0.2, -0.15) is 25.4 Å². The molecule has 0 spiro atoms. The maximum Gasteiger partial charge on any atom is 0.350 e. The minimum atomic E-state index is -0.106. The number of benzene rings is 3. The summed E-state index contributed by atoms with van der Waals surface area (Å²) in [5.41, 5.74) is 3.36. The molecule has 7 rings (SSSR count). The molecule has 4 heterocycles. The zero-order valence-electron chi connectivity index (χ0n) is 28.8. The molecule has 2 fully saturated rings.